The van der Waals surface area contributed by atoms with E-state index in [2.05, 4.69) is 33.4 Å². The summed E-state index contributed by atoms with van der Waals surface area (Å²) in [5, 5.41) is 3.33. The van der Waals surface area contributed by atoms with E-state index in [9.17, 15) is 0 Å². The second kappa shape index (κ2) is 10.7. The van der Waals surface area contributed by atoms with Gasteiger partial charge in [-0.15, -0.1) is 23.7 Å². The molecule has 160 valence electrons. The van der Waals surface area contributed by atoms with Crippen LogP contribution in [0, 0.1) is 0 Å². The Morgan fingerprint density at radius 1 is 0.967 bits per heavy atom. The third-order valence-electron chi connectivity index (χ3n) is 5.36. The standard InChI is InChI=1S/C23H27N3O2S.ClH/c1-27-19-7-5-6-18(16-19)20-17-29-23(24-20)10-11-25-12-14-26(15-13-25)21-8-3-4-9-22(21)28-2;/h3-9,16-17H,10-15H2,1-2H3;1H. The fourth-order valence-corrected chi connectivity index (χ4v) is 4.49. The van der Waals surface area contributed by atoms with Gasteiger partial charge >= 0.3 is 0 Å². The lowest BCUT2D eigenvalue weighted by atomic mass is 10.1. The molecule has 2 heterocycles. The maximum absolute atomic E-state index is 5.51. The molecule has 1 aliphatic rings. The lowest BCUT2D eigenvalue weighted by Gasteiger charge is -2.36. The van der Waals surface area contributed by atoms with Crippen molar-refractivity contribution in [2.75, 3.05) is 51.8 Å². The van der Waals surface area contributed by atoms with Gasteiger partial charge in [0.15, 0.2) is 0 Å². The van der Waals surface area contributed by atoms with Gasteiger partial charge in [0.1, 0.15) is 11.5 Å². The predicted molar refractivity (Wildman–Crippen MR) is 127 cm³/mol. The molecule has 5 nitrogen and oxygen atoms in total. The summed E-state index contributed by atoms with van der Waals surface area (Å²) in [4.78, 5) is 9.78. The van der Waals surface area contributed by atoms with E-state index >= 15 is 0 Å². The molecule has 1 aliphatic heterocycles. The molecule has 2 aromatic carbocycles. The summed E-state index contributed by atoms with van der Waals surface area (Å²) >= 11 is 1.74. The Kier molecular flexibility index (Phi) is 7.96. The highest BCUT2D eigenvalue weighted by Crippen LogP contribution is 2.29. The van der Waals surface area contributed by atoms with Crippen LogP contribution >= 0.6 is 23.7 Å². The molecular formula is C23H28ClN3O2S. The molecule has 1 saturated heterocycles. The van der Waals surface area contributed by atoms with Crippen LogP contribution in [0.5, 0.6) is 11.5 Å². The Hall–Kier alpha value is -2.28. The van der Waals surface area contributed by atoms with Crippen molar-refractivity contribution in [1.82, 2.24) is 9.88 Å². The zero-order valence-corrected chi connectivity index (χ0v) is 19.0. The molecule has 0 spiro atoms. The fraction of sp³-hybridized carbons (Fsp3) is 0.348. The van der Waals surface area contributed by atoms with Crippen molar-refractivity contribution < 1.29 is 9.47 Å². The van der Waals surface area contributed by atoms with Crippen molar-refractivity contribution in [2.24, 2.45) is 0 Å². The minimum absolute atomic E-state index is 0. The van der Waals surface area contributed by atoms with E-state index in [4.69, 9.17) is 14.5 Å². The van der Waals surface area contributed by atoms with E-state index in [1.165, 1.54) is 10.7 Å². The second-order valence-corrected chi connectivity index (χ2v) is 8.05. The van der Waals surface area contributed by atoms with Gasteiger partial charge in [0.05, 0.1) is 30.6 Å². The lowest BCUT2D eigenvalue weighted by Crippen LogP contribution is -2.47. The number of rotatable bonds is 7. The summed E-state index contributed by atoms with van der Waals surface area (Å²) in [5.74, 6) is 1.82. The van der Waals surface area contributed by atoms with Gasteiger partial charge in [-0.1, -0.05) is 24.3 Å². The molecule has 0 N–H and O–H groups in total. The molecule has 7 heteroatoms. The van der Waals surface area contributed by atoms with Gasteiger partial charge in [-0.2, -0.15) is 0 Å². The molecule has 0 aliphatic carbocycles. The van der Waals surface area contributed by atoms with E-state index in [-0.39, 0.29) is 12.4 Å². The molecule has 0 atom stereocenters. The van der Waals surface area contributed by atoms with Gasteiger partial charge < -0.3 is 14.4 Å². The van der Waals surface area contributed by atoms with Gasteiger partial charge in [0.2, 0.25) is 0 Å². The number of hydrogen-bond acceptors (Lipinski definition) is 6. The molecule has 0 saturated carbocycles. The highest BCUT2D eigenvalue weighted by atomic mass is 35.5. The Morgan fingerprint density at radius 2 is 1.77 bits per heavy atom. The topological polar surface area (TPSA) is 37.8 Å². The number of nitrogens with zero attached hydrogens (tertiary/aromatic N) is 3. The molecule has 3 aromatic rings. The van der Waals surface area contributed by atoms with Crippen molar-refractivity contribution in [3.05, 3.63) is 58.9 Å². The third kappa shape index (κ3) is 5.25. The highest BCUT2D eigenvalue weighted by Gasteiger charge is 2.19. The maximum atomic E-state index is 5.51. The quantitative estimate of drug-likeness (QED) is 0.530. The third-order valence-corrected chi connectivity index (χ3v) is 6.27. The number of piperazine rings is 1. The highest BCUT2D eigenvalue weighted by molar-refractivity contribution is 7.09. The maximum Gasteiger partial charge on any atom is 0.142 e. The molecule has 0 amide bonds. The summed E-state index contributed by atoms with van der Waals surface area (Å²) in [6.07, 6.45) is 0.989. The molecule has 4 rings (SSSR count). The van der Waals surface area contributed by atoms with Crippen LogP contribution in [-0.4, -0.2) is 56.8 Å². The number of methoxy groups -OCH3 is 2. The molecular weight excluding hydrogens is 418 g/mol. The van der Waals surface area contributed by atoms with E-state index in [0.717, 1.165) is 61.9 Å². The Labute approximate surface area is 188 Å². The average molecular weight is 446 g/mol. The number of benzene rings is 2. The first-order chi connectivity index (χ1) is 14.3. The molecule has 0 bridgehead atoms. The van der Waals surface area contributed by atoms with Crippen molar-refractivity contribution in [1.29, 1.82) is 0 Å². The smallest absolute Gasteiger partial charge is 0.142 e. The Morgan fingerprint density at radius 3 is 2.53 bits per heavy atom. The number of para-hydroxylation sites is 2. The first kappa shape index (κ1) is 22.4. The van der Waals surface area contributed by atoms with E-state index < -0.39 is 0 Å². The Balaban J connectivity index is 0.00000256. The summed E-state index contributed by atoms with van der Waals surface area (Å²) < 4.78 is 10.8. The van der Waals surface area contributed by atoms with E-state index in [1.54, 1.807) is 25.6 Å². The molecule has 1 fully saturated rings. The van der Waals surface area contributed by atoms with Gasteiger partial charge in [-0.05, 0) is 24.3 Å². The van der Waals surface area contributed by atoms with Gasteiger partial charge in [-0.25, -0.2) is 4.98 Å². The second-order valence-electron chi connectivity index (χ2n) is 7.11. The summed E-state index contributed by atoms with van der Waals surface area (Å²) in [5.41, 5.74) is 3.33. The van der Waals surface area contributed by atoms with Crippen LogP contribution in [0.2, 0.25) is 0 Å². The zero-order chi connectivity index (χ0) is 20.1. The first-order valence-electron chi connectivity index (χ1n) is 9.96. The van der Waals surface area contributed by atoms with E-state index in [0.29, 0.717) is 0 Å². The SMILES string of the molecule is COc1cccc(-c2csc(CCN3CCN(c4ccccc4OC)CC3)n2)c1.Cl. The van der Waals surface area contributed by atoms with Crippen molar-refractivity contribution >= 4 is 29.4 Å². The number of anilines is 1. The normalized spacial score (nSPS) is 14.3. The van der Waals surface area contributed by atoms with Crippen LogP contribution in [0.15, 0.2) is 53.9 Å². The van der Waals surface area contributed by atoms with Crippen LogP contribution in [0.1, 0.15) is 5.01 Å². The summed E-state index contributed by atoms with van der Waals surface area (Å²) in [6.45, 7) is 5.21. The van der Waals surface area contributed by atoms with Gasteiger partial charge in [-0.3, -0.25) is 4.90 Å². The van der Waals surface area contributed by atoms with Crippen LogP contribution in [0.4, 0.5) is 5.69 Å². The van der Waals surface area contributed by atoms with Crippen LogP contribution < -0.4 is 14.4 Å². The minimum Gasteiger partial charge on any atom is -0.497 e. The van der Waals surface area contributed by atoms with Crippen molar-refractivity contribution in [3.63, 3.8) is 0 Å². The van der Waals surface area contributed by atoms with Crippen LogP contribution in [-0.2, 0) is 6.42 Å². The number of aromatic nitrogens is 1. The van der Waals surface area contributed by atoms with Crippen LogP contribution in [0.25, 0.3) is 11.3 Å². The fourth-order valence-electron chi connectivity index (χ4n) is 3.70. The average Bonchev–Trinajstić information content (AvgIpc) is 3.27. The zero-order valence-electron chi connectivity index (χ0n) is 17.4. The molecule has 30 heavy (non-hydrogen) atoms. The van der Waals surface area contributed by atoms with Crippen molar-refractivity contribution in [3.8, 4) is 22.8 Å². The molecule has 0 radical (unpaired) electrons. The molecule has 0 unspecified atom stereocenters. The van der Waals surface area contributed by atoms with E-state index in [1.807, 2.05) is 30.3 Å². The minimum atomic E-state index is 0. The molecule has 1 aromatic heterocycles. The van der Waals surface area contributed by atoms with Crippen molar-refractivity contribution in [2.45, 2.75) is 6.42 Å². The van der Waals surface area contributed by atoms with Gasteiger partial charge in [0, 0.05) is 50.1 Å². The summed E-state index contributed by atoms with van der Waals surface area (Å²) in [6, 6.07) is 16.4. The predicted octanol–water partition coefficient (Wildman–Crippen LogP) is 4.61. The number of hydrogen-bond donors (Lipinski definition) is 0. The van der Waals surface area contributed by atoms with Crippen LogP contribution in [0.3, 0.4) is 0 Å². The lowest BCUT2D eigenvalue weighted by molar-refractivity contribution is 0.260. The number of thiazole rings is 1. The Bertz CT molecular complexity index is 941. The first-order valence-corrected chi connectivity index (χ1v) is 10.8. The largest absolute Gasteiger partial charge is 0.497 e. The number of ether oxygens (including phenoxy) is 2. The number of halogens is 1. The van der Waals surface area contributed by atoms with Gasteiger partial charge in [0.25, 0.3) is 0 Å². The monoisotopic (exact) mass is 445 g/mol. The summed E-state index contributed by atoms with van der Waals surface area (Å²) in [7, 11) is 3.43.